The van der Waals surface area contributed by atoms with E-state index in [4.69, 9.17) is 4.74 Å². The van der Waals surface area contributed by atoms with Gasteiger partial charge in [0.1, 0.15) is 11.5 Å². The van der Waals surface area contributed by atoms with E-state index in [-0.39, 0.29) is 29.7 Å². The summed E-state index contributed by atoms with van der Waals surface area (Å²) in [6, 6.07) is 7.84. The maximum atomic E-state index is 10.1. The molecule has 0 radical (unpaired) electrons. The van der Waals surface area contributed by atoms with Crippen LogP contribution >= 0.6 is 35.3 Å². The molecule has 160 valence electrons. The molecule has 2 heterocycles. The molecule has 3 N–H and O–H groups in total. The maximum Gasteiger partial charge on any atom is 0.191 e. The molecule has 2 aromatic rings. The third-order valence-electron chi connectivity index (χ3n) is 4.95. The number of nitrogens with zero attached hydrogens (tertiary/aromatic N) is 2. The predicted molar refractivity (Wildman–Crippen MR) is 131 cm³/mol. The van der Waals surface area contributed by atoms with Crippen LogP contribution in [0.1, 0.15) is 30.9 Å². The minimum atomic E-state index is 0. The number of phenolic OH excluding ortho intramolecular Hbond substituents is 1. The second-order valence-electron chi connectivity index (χ2n) is 7.02. The molecule has 0 atom stereocenters. The second kappa shape index (κ2) is 12.2. The van der Waals surface area contributed by atoms with Crippen LogP contribution in [0, 0.1) is 0 Å². The van der Waals surface area contributed by atoms with Gasteiger partial charge in [-0.05, 0) is 60.4 Å². The lowest BCUT2D eigenvalue weighted by molar-refractivity contribution is 0.198. The average molecular weight is 530 g/mol. The first-order valence-corrected chi connectivity index (χ1v) is 10.8. The van der Waals surface area contributed by atoms with Crippen molar-refractivity contribution in [1.82, 2.24) is 15.5 Å². The molecule has 29 heavy (non-hydrogen) atoms. The highest BCUT2D eigenvalue weighted by Crippen LogP contribution is 2.23. The molecule has 0 aliphatic carbocycles. The molecule has 0 unspecified atom stereocenters. The Kier molecular flexibility index (Phi) is 10.0. The van der Waals surface area contributed by atoms with E-state index in [0.717, 1.165) is 56.3 Å². The summed E-state index contributed by atoms with van der Waals surface area (Å²) in [5.74, 6) is 1.75. The number of aliphatic imine (C=N–C) groups is 1. The third kappa shape index (κ3) is 7.35. The Bertz CT molecular complexity index is 762. The zero-order valence-corrected chi connectivity index (χ0v) is 20.2. The van der Waals surface area contributed by atoms with Gasteiger partial charge in [0.2, 0.25) is 0 Å². The Labute approximate surface area is 194 Å². The first kappa shape index (κ1) is 23.8. The third-order valence-corrected chi connectivity index (χ3v) is 5.69. The van der Waals surface area contributed by atoms with Gasteiger partial charge >= 0.3 is 0 Å². The molecular weight excluding hydrogens is 499 g/mol. The maximum absolute atomic E-state index is 10.1. The first-order chi connectivity index (χ1) is 13.7. The van der Waals surface area contributed by atoms with Gasteiger partial charge in [0.15, 0.2) is 5.96 Å². The molecule has 0 amide bonds. The van der Waals surface area contributed by atoms with Gasteiger partial charge in [0, 0.05) is 37.8 Å². The van der Waals surface area contributed by atoms with Crippen LogP contribution in [0.4, 0.5) is 0 Å². The number of methoxy groups -OCH3 is 1. The van der Waals surface area contributed by atoms with Crippen molar-refractivity contribution in [3.8, 4) is 11.5 Å². The Balaban J connectivity index is 0.00000300. The molecular formula is C21H31IN4O2S. The van der Waals surface area contributed by atoms with Crippen LogP contribution in [-0.2, 0) is 13.1 Å². The molecule has 1 aliphatic rings. The molecule has 1 aliphatic heterocycles. The molecule has 8 heteroatoms. The van der Waals surface area contributed by atoms with Crippen molar-refractivity contribution in [3.63, 3.8) is 0 Å². The summed E-state index contributed by atoms with van der Waals surface area (Å²) in [5.41, 5.74) is 2.16. The largest absolute Gasteiger partial charge is 0.508 e. The summed E-state index contributed by atoms with van der Waals surface area (Å²) >= 11 is 1.76. The van der Waals surface area contributed by atoms with Gasteiger partial charge in [-0.1, -0.05) is 0 Å². The Morgan fingerprint density at radius 1 is 1.31 bits per heavy atom. The highest BCUT2D eigenvalue weighted by Gasteiger charge is 2.20. The van der Waals surface area contributed by atoms with Gasteiger partial charge in [-0.2, -0.15) is 11.3 Å². The summed E-state index contributed by atoms with van der Waals surface area (Å²) in [6.07, 6.45) is 2.19. The van der Waals surface area contributed by atoms with Gasteiger partial charge in [0.25, 0.3) is 0 Å². The molecule has 1 fully saturated rings. The predicted octanol–water partition coefficient (Wildman–Crippen LogP) is 3.80. The second-order valence-corrected chi connectivity index (χ2v) is 7.80. The van der Waals surface area contributed by atoms with E-state index in [1.807, 2.05) is 6.07 Å². The van der Waals surface area contributed by atoms with E-state index in [1.165, 1.54) is 5.56 Å². The van der Waals surface area contributed by atoms with Crippen molar-refractivity contribution < 1.29 is 9.84 Å². The molecule has 1 aromatic heterocycles. The van der Waals surface area contributed by atoms with Gasteiger partial charge in [-0.25, -0.2) is 4.99 Å². The van der Waals surface area contributed by atoms with E-state index in [2.05, 4.69) is 44.3 Å². The Morgan fingerprint density at radius 3 is 2.76 bits per heavy atom. The van der Waals surface area contributed by atoms with Crippen LogP contribution in [0.3, 0.4) is 0 Å². The van der Waals surface area contributed by atoms with Crippen LogP contribution < -0.4 is 15.4 Å². The fourth-order valence-corrected chi connectivity index (χ4v) is 4.03. The molecule has 3 rings (SSSR count). The summed E-state index contributed by atoms with van der Waals surface area (Å²) in [5, 5.41) is 21.3. The van der Waals surface area contributed by atoms with Gasteiger partial charge in [-0.15, -0.1) is 24.0 Å². The fourth-order valence-electron chi connectivity index (χ4n) is 3.37. The quantitative estimate of drug-likeness (QED) is 0.289. The van der Waals surface area contributed by atoms with E-state index in [9.17, 15) is 5.11 Å². The van der Waals surface area contributed by atoms with Crippen LogP contribution in [0.5, 0.6) is 11.5 Å². The van der Waals surface area contributed by atoms with Gasteiger partial charge in [0.05, 0.1) is 13.7 Å². The van der Waals surface area contributed by atoms with Crippen molar-refractivity contribution >= 4 is 41.3 Å². The topological polar surface area (TPSA) is 69.1 Å². The minimum absolute atomic E-state index is 0. The lowest BCUT2D eigenvalue weighted by Gasteiger charge is -2.33. The number of halogens is 1. The SMILES string of the molecule is CCNC(=NCc1cc(OC)ccc1O)NC1CCN(Cc2ccsc2)CC1.I. The van der Waals surface area contributed by atoms with E-state index < -0.39 is 0 Å². The van der Waals surface area contributed by atoms with Gasteiger partial charge in [-0.3, -0.25) is 4.90 Å². The summed E-state index contributed by atoms with van der Waals surface area (Å²) in [4.78, 5) is 7.17. The Hall–Kier alpha value is -1.52. The number of aromatic hydroxyl groups is 1. The van der Waals surface area contributed by atoms with E-state index in [0.29, 0.717) is 12.6 Å². The number of piperidine rings is 1. The zero-order chi connectivity index (χ0) is 19.8. The highest BCUT2D eigenvalue weighted by atomic mass is 127. The normalized spacial score (nSPS) is 15.6. The highest BCUT2D eigenvalue weighted by molar-refractivity contribution is 14.0. The monoisotopic (exact) mass is 530 g/mol. The first-order valence-electron chi connectivity index (χ1n) is 9.82. The summed E-state index contributed by atoms with van der Waals surface area (Å²) in [6.45, 7) is 6.47. The van der Waals surface area contributed by atoms with Crippen LogP contribution in [0.25, 0.3) is 0 Å². The number of hydrogen-bond acceptors (Lipinski definition) is 5. The standard InChI is InChI=1S/C21H30N4O2S.HI/c1-3-22-21(23-13-17-12-19(27-2)4-5-20(17)26)24-18-6-9-25(10-7-18)14-16-8-11-28-15-16;/h4-5,8,11-12,15,18,26H,3,6-7,9-10,13-14H2,1-2H3,(H2,22,23,24);1H. The lowest BCUT2D eigenvalue weighted by Crippen LogP contribution is -2.48. The molecule has 6 nitrogen and oxygen atoms in total. The number of nitrogens with one attached hydrogen (secondary N) is 2. The van der Waals surface area contributed by atoms with Crippen molar-refractivity contribution in [3.05, 3.63) is 46.2 Å². The molecule has 1 saturated heterocycles. The van der Waals surface area contributed by atoms with Crippen LogP contribution in [0.15, 0.2) is 40.0 Å². The van der Waals surface area contributed by atoms with Crippen molar-refractivity contribution in [2.75, 3.05) is 26.7 Å². The van der Waals surface area contributed by atoms with E-state index in [1.54, 1.807) is 30.6 Å². The number of phenols is 1. The fraction of sp³-hybridized carbons (Fsp3) is 0.476. The molecule has 0 saturated carbocycles. The minimum Gasteiger partial charge on any atom is -0.508 e. The smallest absolute Gasteiger partial charge is 0.191 e. The van der Waals surface area contributed by atoms with E-state index >= 15 is 0 Å². The number of thiophene rings is 1. The average Bonchev–Trinajstić information content (AvgIpc) is 3.22. The molecule has 0 bridgehead atoms. The summed E-state index contributed by atoms with van der Waals surface area (Å²) < 4.78 is 5.24. The zero-order valence-electron chi connectivity index (χ0n) is 17.1. The number of rotatable bonds is 7. The summed E-state index contributed by atoms with van der Waals surface area (Å²) in [7, 11) is 1.62. The van der Waals surface area contributed by atoms with Crippen LogP contribution in [0.2, 0.25) is 0 Å². The number of hydrogen-bond donors (Lipinski definition) is 3. The number of guanidine groups is 1. The van der Waals surface area contributed by atoms with Gasteiger partial charge < -0.3 is 20.5 Å². The molecule has 1 aromatic carbocycles. The number of ether oxygens (including phenoxy) is 1. The van der Waals surface area contributed by atoms with Crippen LogP contribution in [-0.4, -0.2) is 48.8 Å². The Morgan fingerprint density at radius 2 is 2.10 bits per heavy atom. The number of likely N-dealkylation sites (tertiary alicyclic amines) is 1. The lowest BCUT2D eigenvalue weighted by atomic mass is 10.0. The molecule has 0 spiro atoms. The van der Waals surface area contributed by atoms with Crippen molar-refractivity contribution in [2.24, 2.45) is 4.99 Å². The van der Waals surface area contributed by atoms with Crippen molar-refractivity contribution in [2.45, 2.75) is 38.9 Å². The van der Waals surface area contributed by atoms with Crippen molar-refractivity contribution in [1.29, 1.82) is 0 Å². The number of benzene rings is 1.